The van der Waals surface area contributed by atoms with Gasteiger partial charge in [-0.25, -0.2) is 0 Å². The number of carbonyl (C=O) groups excluding carboxylic acids is 1. The van der Waals surface area contributed by atoms with Crippen molar-refractivity contribution in [1.29, 1.82) is 0 Å². The molecule has 1 aliphatic heterocycles. The molecule has 0 spiro atoms. The first kappa shape index (κ1) is 21.0. The number of aromatic hydroxyl groups is 1. The number of ether oxygens (including phenoxy) is 1. The number of aromatic amines is 1. The zero-order valence-electron chi connectivity index (χ0n) is 17.5. The summed E-state index contributed by atoms with van der Waals surface area (Å²) in [6, 6.07) is 10.6. The maximum absolute atomic E-state index is 13.2. The summed E-state index contributed by atoms with van der Waals surface area (Å²) in [4.78, 5) is 15.0. The Hall–Kier alpha value is -3.25. The van der Waals surface area contributed by atoms with Crippen molar-refractivity contribution < 1.29 is 14.6 Å². The van der Waals surface area contributed by atoms with Crippen molar-refractivity contribution >= 4 is 17.5 Å². The highest BCUT2D eigenvalue weighted by molar-refractivity contribution is 6.31. The number of carbonyl (C=O) groups is 1. The maximum Gasteiger partial charge on any atom is 0.273 e. The highest BCUT2D eigenvalue weighted by atomic mass is 35.5. The molecule has 2 aromatic carbocycles. The normalized spacial score (nSPS) is 15.3. The van der Waals surface area contributed by atoms with Gasteiger partial charge in [-0.3, -0.25) is 9.89 Å². The Morgan fingerprint density at radius 1 is 1.32 bits per heavy atom. The predicted octanol–water partition coefficient (Wildman–Crippen LogP) is 5.26. The summed E-state index contributed by atoms with van der Waals surface area (Å²) in [5.41, 5.74) is 3.91. The van der Waals surface area contributed by atoms with Crippen molar-refractivity contribution in [3.63, 3.8) is 0 Å². The summed E-state index contributed by atoms with van der Waals surface area (Å²) in [7, 11) is 0. The molecule has 0 radical (unpaired) electrons. The molecule has 0 aliphatic carbocycles. The molecule has 3 aromatic rings. The molecule has 0 bridgehead atoms. The van der Waals surface area contributed by atoms with Crippen LogP contribution in [-0.2, 0) is 0 Å². The van der Waals surface area contributed by atoms with E-state index in [1.807, 2.05) is 43.0 Å². The lowest BCUT2D eigenvalue weighted by Gasteiger charge is -2.26. The van der Waals surface area contributed by atoms with E-state index < -0.39 is 0 Å². The molecule has 2 heterocycles. The molecule has 1 amide bonds. The second kappa shape index (κ2) is 8.47. The third kappa shape index (κ3) is 3.68. The first-order chi connectivity index (χ1) is 15.0. The number of nitrogens with zero attached hydrogens (tertiary/aromatic N) is 2. The summed E-state index contributed by atoms with van der Waals surface area (Å²) in [6.45, 7) is 8.54. The standard InChI is InChI=1S/C24H24ClN3O3/c1-4-10-28-23(15-6-8-16(9-7-15)31-11-5-2)20-21(26-27-22(20)24(28)30)17-13-18(25)14(3)12-19(17)29/h5-9,12-13,23,29H,2,4,10-11H2,1,3H3,(H,26,27). The SMILES string of the molecule is C=CCOc1ccc(C2c3c(-c4cc(Cl)c(C)cc4O)n[nH]c3C(=O)N2CCC)cc1. The lowest BCUT2D eigenvalue weighted by molar-refractivity contribution is 0.0744. The average molecular weight is 438 g/mol. The topological polar surface area (TPSA) is 78.5 Å². The van der Waals surface area contributed by atoms with E-state index in [1.54, 1.807) is 18.2 Å². The first-order valence-corrected chi connectivity index (χ1v) is 10.6. The van der Waals surface area contributed by atoms with Gasteiger partial charge in [0.15, 0.2) is 0 Å². The second-order valence-electron chi connectivity index (χ2n) is 7.55. The maximum atomic E-state index is 13.2. The Morgan fingerprint density at radius 2 is 2.06 bits per heavy atom. The van der Waals surface area contributed by atoms with Gasteiger partial charge in [-0.15, -0.1) is 0 Å². The second-order valence-corrected chi connectivity index (χ2v) is 7.96. The molecule has 2 N–H and O–H groups in total. The quantitative estimate of drug-likeness (QED) is 0.494. The third-order valence-corrected chi connectivity index (χ3v) is 5.83. The molecular weight excluding hydrogens is 414 g/mol. The molecular formula is C24H24ClN3O3. The molecule has 6 nitrogen and oxygen atoms in total. The molecule has 0 fully saturated rings. The van der Waals surface area contributed by atoms with Crippen LogP contribution in [0.3, 0.4) is 0 Å². The van der Waals surface area contributed by atoms with Crippen LogP contribution in [-0.4, -0.2) is 39.3 Å². The Bertz CT molecular complexity index is 1140. The Kier molecular flexibility index (Phi) is 5.74. The van der Waals surface area contributed by atoms with Gasteiger partial charge in [0.1, 0.15) is 29.5 Å². The van der Waals surface area contributed by atoms with Gasteiger partial charge >= 0.3 is 0 Å². The van der Waals surface area contributed by atoms with E-state index >= 15 is 0 Å². The van der Waals surface area contributed by atoms with Crippen LogP contribution >= 0.6 is 11.6 Å². The summed E-state index contributed by atoms with van der Waals surface area (Å²) in [5, 5.41) is 18.4. The fourth-order valence-electron chi connectivity index (χ4n) is 3.98. The van der Waals surface area contributed by atoms with Crippen molar-refractivity contribution in [3.05, 3.63) is 76.5 Å². The first-order valence-electron chi connectivity index (χ1n) is 10.2. The monoisotopic (exact) mass is 437 g/mol. The van der Waals surface area contributed by atoms with E-state index in [1.165, 1.54) is 0 Å². The van der Waals surface area contributed by atoms with Crippen molar-refractivity contribution in [2.45, 2.75) is 26.3 Å². The summed E-state index contributed by atoms with van der Waals surface area (Å²) in [6.07, 6.45) is 2.51. The van der Waals surface area contributed by atoms with Crippen LogP contribution < -0.4 is 4.74 Å². The number of H-pyrrole nitrogens is 1. The number of phenolic OH excluding ortho intramolecular Hbond substituents is 1. The highest BCUT2D eigenvalue weighted by Gasteiger charge is 2.42. The van der Waals surface area contributed by atoms with Crippen molar-refractivity contribution in [1.82, 2.24) is 15.1 Å². The molecule has 31 heavy (non-hydrogen) atoms. The molecule has 1 atom stereocenters. The Labute approximate surface area is 186 Å². The molecule has 1 unspecified atom stereocenters. The molecule has 1 aliphatic rings. The third-order valence-electron chi connectivity index (χ3n) is 5.42. The van der Waals surface area contributed by atoms with E-state index in [9.17, 15) is 9.90 Å². The molecule has 160 valence electrons. The van der Waals surface area contributed by atoms with Gasteiger partial charge in [0.2, 0.25) is 0 Å². The fraction of sp³-hybridized carbons (Fsp3) is 0.250. The fourth-order valence-corrected chi connectivity index (χ4v) is 4.14. The minimum absolute atomic E-state index is 0.0736. The predicted molar refractivity (Wildman–Crippen MR) is 121 cm³/mol. The number of benzene rings is 2. The van der Waals surface area contributed by atoms with E-state index in [0.717, 1.165) is 28.9 Å². The number of amides is 1. The van der Waals surface area contributed by atoms with Gasteiger partial charge in [-0.1, -0.05) is 43.3 Å². The number of aromatic nitrogens is 2. The average Bonchev–Trinajstić information content (AvgIpc) is 3.29. The number of fused-ring (bicyclic) bond motifs is 1. The van der Waals surface area contributed by atoms with Crippen LogP contribution in [0.2, 0.25) is 5.02 Å². The van der Waals surface area contributed by atoms with Crippen molar-refractivity contribution in [3.8, 4) is 22.8 Å². The van der Waals surface area contributed by atoms with Crippen molar-refractivity contribution in [2.75, 3.05) is 13.2 Å². The molecule has 0 saturated carbocycles. The van der Waals surface area contributed by atoms with E-state index in [4.69, 9.17) is 16.3 Å². The zero-order chi connectivity index (χ0) is 22.1. The van der Waals surface area contributed by atoms with E-state index in [0.29, 0.717) is 35.1 Å². The Balaban J connectivity index is 1.83. The number of phenols is 1. The largest absolute Gasteiger partial charge is 0.507 e. The molecule has 7 heteroatoms. The lowest BCUT2D eigenvalue weighted by Crippen LogP contribution is -2.30. The van der Waals surface area contributed by atoms with E-state index in [-0.39, 0.29) is 17.7 Å². The van der Waals surface area contributed by atoms with Gasteiger partial charge < -0.3 is 14.7 Å². The van der Waals surface area contributed by atoms with Gasteiger partial charge in [0, 0.05) is 22.7 Å². The number of hydrogen-bond acceptors (Lipinski definition) is 4. The Morgan fingerprint density at radius 3 is 2.74 bits per heavy atom. The summed E-state index contributed by atoms with van der Waals surface area (Å²) < 4.78 is 5.59. The molecule has 4 rings (SSSR count). The van der Waals surface area contributed by atoms with Gasteiger partial charge in [0.25, 0.3) is 5.91 Å². The smallest absolute Gasteiger partial charge is 0.273 e. The number of aryl methyl sites for hydroxylation is 1. The molecule has 0 saturated heterocycles. The van der Waals surface area contributed by atoms with Crippen LogP contribution in [0.1, 0.15) is 46.6 Å². The van der Waals surface area contributed by atoms with Gasteiger partial charge in [-0.05, 0) is 48.7 Å². The van der Waals surface area contributed by atoms with Crippen LogP contribution in [0.15, 0.2) is 49.1 Å². The highest BCUT2D eigenvalue weighted by Crippen LogP contribution is 2.45. The zero-order valence-corrected chi connectivity index (χ0v) is 18.2. The van der Waals surface area contributed by atoms with Gasteiger partial charge in [-0.2, -0.15) is 5.10 Å². The van der Waals surface area contributed by atoms with Crippen LogP contribution in [0, 0.1) is 6.92 Å². The van der Waals surface area contributed by atoms with Crippen molar-refractivity contribution in [2.24, 2.45) is 0 Å². The number of halogens is 1. The number of hydrogen-bond donors (Lipinski definition) is 2. The minimum atomic E-state index is -0.330. The van der Waals surface area contributed by atoms with Gasteiger partial charge in [0.05, 0.1) is 6.04 Å². The van der Waals surface area contributed by atoms with Crippen LogP contribution in [0.4, 0.5) is 0 Å². The minimum Gasteiger partial charge on any atom is -0.507 e. The van der Waals surface area contributed by atoms with E-state index in [2.05, 4.69) is 16.8 Å². The lowest BCUT2D eigenvalue weighted by atomic mass is 9.95. The van der Waals surface area contributed by atoms with Crippen LogP contribution in [0.25, 0.3) is 11.3 Å². The number of rotatable bonds is 7. The number of nitrogens with one attached hydrogen (secondary N) is 1. The van der Waals surface area contributed by atoms with Crippen LogP contribution in [0.5, 0.6) is 11.5 Å². The summed E-state index contributed by atoms with van der Waals surface area (Å²) in [5.74, 6) is 0.695. The molecule has 1 aromatic heterocycles. The summed E-state index contributed by atoms with van der Waals surface area (Å²) >= 11 is 6.33.